The molecule has 0 aromatic carbocycles. The SMILES string of the molecule is CC(C)(CNCCCn1ccnc1)NS(C)(=O)=O. The highest BCUT2D eigenvalue weighted by molar-refractivity contribution is 7.88. The van der Waals surface area contributed by atoms with Crippen LogP contribution in [0.5, 0.6) is 0 Å². The first kappa shape index (κ1) is 15.1. The van der Waals surface area contributed by atoms with Gasteiger partial charge in [0.05, 0.1) is 12.6 Å². The second kappa shape index (κ2) is 6.31. The van der Waals surface area contributed by atoms with Crippen LogP contribution in [-0.4, -0.2) is 42.9 Å². The summed E-state index contributed by atoms with van der Waals surface area (Å²) in [4.78, 5) is 3.97. The molecule has 0 aliphatic rings. The van der Waals surface area contributed by atoms with Crippen LogP contribution < -0.4 is 10.0 Å². The average Bonchev–Trinajstić information content (AvgIpc) is 2.65. The molecule has 7 heteroatoms. The number of aryl methyl sites for hydroxylation is 1. The summed E-state index contributed by atoms with van der Waals surface area (Å²) in [5.41, 5.74) is -0.470. The molecule has 1 rings (SSSR count). The molecule has 0 spiro atoms. The molecule has 0 fully saturated rings. The minimum absolute atomic E-state index is 0.470. The molecular weight excluding hydrogens is 252 g/mol. The van der Waals surface area contributed by atoms with Gasteiger partial charge >= 0.3 is 0 Å². The fraction of sp³-hybridized carbons (Fsp3) is 0.727. The Balaban J connectivity index is 2.17. The van der Waals surface area contributed by atoms with Gasteiger partial charge in [-0.15, -0.1) is 0 Å². The van der Waals surface area contributed by atoms with Crippen molar-refractivity contribution in [3.8, 4) is 0 Å². The molecule has 1 heterocycles. The first-order chi connectivity index (χ1) is 8.29. The van der Waals surface area contributed by atoms with Crippen LogP contribution in [0, 0.1) is 0 Å². The second-order valence-corrected chi connectivity index (χ2v) is 6.84. The summed E-state index contributed by atoms with van der Waals surface area (Å²) in [6.45, 7) is 6.07. The molecule has 0 amide bonds. The van der Waals surface area contributed by atoms with Crippen molar-refractivity contribution in [2.45, 2.75) is 32.4 Å². The van der Waals surface area contributed by atoms with E-state index >= 15 is 0 Å². The third-order valence-electron chi connectivity index (χ3n) is 2.36. The van der Waals surface area contributed by atoms with E-state index in [4.69, 9.17) is 0 Å². The maximum Gasteiger partial charge on any atom is 0.209 e. The number of hydrogen-bond donors (Lipinski definition) is 2. The number of nitrogens with zero attached hydrogens (tertiary/aromatic N) is 2. The highest BCUT2D eigenvalue weighted by Gasteiger charge is 2.21. The van der Waals surface area contributed by atoms with Gasteiger partial charge in [-0.3, -0.25) is 0 Å². The zero-order valence-corrected chi connectivity index (χ0v) is 12.0. The summed E-state index contributed by atoms with van der Waals surface area (Å²) in [5, 5.41) is 3.25. The molecule has 0 aliphatic carbocycles. The fourth-order valence-electron chi connectivity index (χ4n) is 1.74. The molecule has 0 saturated carbocycles. The topological polar surface area (TPSA) is 76.0 Å². The summed E-state index contributed by atoms with van der Waals surface area (Å²) in [7, 11) is -3.16. The predicted octanol–water partition coefficient (Wildman–Crippen LogP) is 0.191. The monoisotopic (exact) mass is 274 g/mol. The Labute approximate surface area is 109 Å². The predicted molar refractivity (Wildman–Crippen MR) is 71.8 cm³/mol. The Morgan fingerprint density at radius 1 is 1.39 bits per heavy atom. The summed E-state index contributed by atoms with van der Waals surface area (Å²) in [6.07, 6.45) is 7.62. The van der Waals surface area contributed by atoms with Crippen LogP contribution >= 0.6 is 0 Å². The van der Waals surface area contributed by atoms with Crippen molar-refractivity contribution in [3.05, 3.63) is 18.7 Å². The maximum absolute atomic E-state index is 11.1. The van der Waals surface area contributed by atoms with Gasteiger partial charge in [0.25, 0.3) is 0 Å². The minimum Gasteiger partial charge on any atom is -0.337 e. The van der Waals surface area contributed by atoms with E-state index in [9.17, 15) is 8.42 Å². The van der Waals surface area contributed by atoms with Crippen LogP contribution in [0.4, 0.5) is 0 Å². The molecule has 0 saturated heterocycles. The van der Waals surface area contributed by atoms with Crippen molar-refractivity contribution < 1.29 is 8.42 Å². The molecule has 2 N–H and O–H groups in total. The molecule has 104 valence electrons. The molecule has 18 heavy (non-hydrogen) atoms. The molecule has 6 nitrogen and oxygen atoms in total. The number of rotatable bonds is 8. The van der Waals surface area contributed by atoms with E-state index in [0.29, 0.717) is 6.54 Å². The van der Waals surface area contributed by atoms with Crippen LogP contribution in [0.25, 0.3) is 0 Å². The summed E-state index contributed by atoms with van der Waals surface area (Å²) in [5.74, 6) is 0. The molecule has 0 aliphatic heterocycles. The zero-order valence-electron chi connectivity index (χ0n) is 11.2. The zero-order chi connectivity index (χ0) is 13.6. The number of hydrogen-bond acceptors (Lipinski definition) is 4. The van der Waals surface area contributed by atoms with Crippen molar-refractivity contribution in [2.24, 2.45) is 0 Å². The molecule has 0 radical (unpaired) electrons. The summed E-state index contributed by atoms with van der Waals surface area (Å²) >= 11 is 0. The lowest BCUT2D eigenvalue weighted by Gasteiger charge is -2.25. The van der Waals surface area contributed by atoms with Crippen molar-refractivity contribution in [1.29, 1.82) is 0 Å². The van der Waals surface area contributed by atoms with Gasteiger partial charge in [-0.05, 0) is 26.8 Å². The molecule has 0 bridgehead atoms. The van der Waals surface area contributed by atoms with Gasteiger partial charge in [-0.1, -0.05) is 0 Å². The third-order valence-corrected chi connectivity index (χ3v) is 3.28. The molecule has 1 aromatic heterocycles. The van der Waals surface area contributed by atoms with E-state index in [1.807, 2.05) is 24.6 Å². The van der Waals surface area contributed by atoms with E-state index in [1.54, 1.807) is 12.5 Å². The van der Waals surface area contributed by atoms with Gasteiger partial charge in [-0.25, -0.2) is 18.1 Å². The Morgan fingerprint density at radius 3 is 2.67 bits per heavy atom. The van der Waals surface area contributed by atoms with Gasteiger partial charge < -0.3 is 9.88 Å². The van der Waals surface area contributed by atoms with Crippen molar-refractivity contribution in [3.63, 3.8) is 0 Å². The van der Waals surface area contributed by atoms with Crippen LogP contribution in [0.15, 0.2) is 18.7 Å². The molecule has 0 unspecified atom stereocenters. The van der Waals surface area contributed by atoms with E-state index in [2.05, 4.69) is 15.0 Å². The number of sulfonamides is 1. The lowest BCUT2D eigenvalue weighted by atomic mass is 10.1. The average molecular weight is 274 g/mol. The van der Waals surface area contributed by atoms with Gasteiger partial charge in [0.2, 0.25) is 10.0 Å². The molecule has 0 atom stereocenters. The quantitative estimate of drug-likeness (QED) is 0.664. The van der Waals surface area contributed by atoms with Crippen LogP contribution in [-0.2, 0) is 16.6 Å². The summed E-state index contributed by atoms with van der Waals surface area (Å²) in [6, 6.07) is 0. The van der Waals surface area contributed by atoms with Crippen LogP contribution in [0.2, 0.25) is 0 Å². The van der Waals surface area contributed by atoms with Gasteiger partial charge in [0, 0.05) is 31.0 Å². The highest BCUT2D eigenvalue weighted by atomic mass is 32.2. The fourth-order valence-corrected chi connectivity index (χ4v) is 2.82. The second-order valence-electron chi connectivity index (χ2n) is 5.09. The van der Waals surface area contributed by atoms with Gasteiger partial charge in [-0.2, -0.15) is 0 Å². The lowest BCUT2D eigenvalue weighted by molar-refractivity contribution is 0.416. The first-order valence-electron chi connectivity index (χ1n) is 5.94. The first-order valence-corrected chi connectivity index (χ1v) is 7.83. The van der Waals surface area contributed by atoms with Crippen LogP contribution in [0.3, 0.4) is 0 Å². The number of aromatic nitrogens is 2. The highest BCUT2D eigenvalue weighted by Crippen LogP contribution is 2.01. The van der Waals surface area contributed by atoms with Crippen molar-refractivity contribution in [2.75, 3.05) is 19.3 Å². The Kier molecular flexibility index (Phi) is 5.30. The lowest BCUT2D eigenvalue weighted by Crippen LogP contribution is -2.50. The number of imidazole rings is 1. The Hall–Kier alpha value is -0.920. The maximum atomic E-state index is 11.1. The van der Waals surface area contributed by atoms with Crippen LogP contribution in [0.1, 0.15) is 20.3 Å². The van der Waals surface area contributed by atoms with Crippen molar-refractivity contribution >= 4 is 10.0 Å². The third kappa shape index (κ3) is 6.73. The Bertz CT molecular complexity index is 440. The standard InChI is InChI=1S/C11H22N4O2S/c1-11(2,14-18(3,16)17)9-12-5-4-7-15-8-6-13-10-15/h6,8,10,12,14H,4-5,7,9H2,1-3H3. The van der Waals surface area contributed by atoms with E-state index < -0.39 is 15.6 Å². The van der Waals surface area contributed by atoms with E-state index in [1.165, 1.54) is 6.26 Å². The summed E-state index contributed by atoms with van der Waals surface area (Å²) < 4.78 is 26.9. The van der Waals surface area contributed by atoms with Gasteiger partial charge in [0.1, 0.15) is 0 Å². The van der Waals surface area contributed by atoms with Crippen molar-refractivity contribution in [1.82, 2.24) is 19.6 Å². The van der Waals surface area contributed by atoms with Gasteiger partial charge in [0.15, 0.2) is 0 Å². The largest absolute Gasteiger partial charge is 0.337 e. The Morgan fingerprint density at radius 2 is 2.11 bits per heavy atom. The number of nitrogens with one attached hydrogen (secondary N) is 2. The van der Waals surface area contributed by atoms with E-state index in [0.717, 1.165) is 19.5 Å². The molecule has 1 aromatic rings. The minimum atomic E-state index is -3.16. The normalized spacial score (nSPS) is 12.8. The molecular formula is C11H22N4O2S. The van der Waals surface area contributed by atoms with E-state index in [-0.39, 0.29) is 0 Å². The smallest absolute Gasteiger partial charge is 0.209 e.